The van der Waals surface area contributed by atoms with E-state index in [4.69, 9.17) is 5.26 Å². The molecule has 0 unspecified atom stereocenters. The molecule has 0 spiro atoms. The molecule has 0 radical (unpaired) electrons. The molecule has 0 aromatic rings. The molecule has 1 saturated heterocycles. The van der Waals surface area contributed by atoms with Crippen LogP contribution in [-0.4, -0.2) is 11.5 Å². The number of rotatable bonds is 0. The SMILES string of the molecule is N#C[C@H]1CCCSCC1. The van der Waals surface area contributed by atoms with Crippen LogP contribution in [-0.2, 0) is 0 Å². The normalized spacial score (nSPS) is 28.6. The monoisotopic (exact) mass is 141 g/mol. The summed E-state index contributed by atoms with van der Waals surface area (Å²) in [5.41, 5.74) is 0. The third kappa shape index (κ3) is 2.28. The minimum atomic E-state index is 0.361. The summed E-state index contributed by atoms with van der Waals surface area (Å²) in [7, 11) is 0. The molecule has 1 nitrogen and oxygen atoms in total. The summed E-state index contributed by atoms with van der Waals surface area (Å²) in [6.07, 6.45) is 3.48. The van der Waals surface area contributed by atoms with E-state index in [9.17, 15) is 0 Å². The lowest BCUT2D eigenvalue weighted by molar-refractivity contribution is 0.592. The van der Waals surface area contributed by atoms with E-state index in [1.54, 1.807) is 0 Å². The first-order valence-corrected chi connectivity index (χ1v) is 4.56. The minimum absolute atomic E-state index is 0.361. The zero-order valence-corrected chi connectivity index (χ0v) is 6.28. The minimum Gasteiger partial charge on any atom is -0.198 e. The third-order valence-corrected chi connectivity index (χ3v) is 2.74. The molecule has 1 fully saturated rings. The summed E-state index contributed by atoms with van der Waals surface area (Å²) in [6.45, 7) is 0. The van der Waals surface area contributed by atoms with Crippen molar-refractivity contribution in [3.05, 3.63) is 0 Å². The van der Waals surface area contributed by atoms with Crippen LogP contribution < -0.4 is 0 Å². The van der Waals surface area contributed by atoms with Crippen molar-refractivity contribution in [1.29, 1.82) is 5.26 Å². The molecule has 0 aliphatic carbocycles. The van der Waals surface area contributed by atoms with Crippen molar-refractivity contribution >= 4 is 11.8 Å². The Hall–Kier alpha value is -0.160. The summed E-state index contributed by atoms with van der Waals surface area (Å²) < 4.78 is 0. The Labute approximate surface area is 60.4 Å². The number of nitriles is 1. The Morgan fingerprint density at radius 2 is 2.22 bits per heavy atom. The number of hydrogen-bond acceptors (Lipinski definition) is 2. The third-order valence-electron chi connectivity index (χ3n) is 1.63. The smallest absolute Gasteiger partial charge is 0.0656 e. The zero-order valence-electron chi connectivity index (χ0n) is 5.47. The van der Waals surface area contributed by atoms with Gasteiger partial charge in [-0.2, -0.15) is 17.0 Å². The second kappa shape index (κ2) is 3.79. The fraction of sp³-hybridized carbons (Fsp3) is 0.857. The van der Waals surface area contributed by atoms with E-state index in [1.807, 2.05) is 11.8 Å². The van der Waals surface area contributed by atoms with Gasteiger partial charge in [0.05, 0.1) is 6.07 Å². The summed E-state index contributed by atoms with van der Waals surface area (Å²) in [6, 6.07) is 2.33. The lowest BCUT2D eigenvalue weighted by Gasteiger charge is -1.99. The van der Waals surface area contributed by atoms with Gasteiger partial charge in [-0.25, -0.2) is 0 Å². The van der Waals surface area contributed by atoms with Gasteiger partial charge in [0.25, 0.3) is 0 Å². The summed E-state index contributed by atoms with van der Waals surface area (Å²) in [5.74, 6) is 2.82. The highest BCUT2D eigenvalue weighted by molar-refractivity contribution is 7.99. The molecule has 0 aromatic heterocycles. The van der Waals surface area contributed by atoms with E-state index < -0.39 is 0 Å². The molecule has 1 aliphatic heterocycles. The average molecular weight is 141 g/mol. The predicted molar refractivity (Wildman–Crippen MR) is 40.3 cm³/mol. The Kier molecular flexibility index (Phi) is 2.93. The first-order valence-electron chi connectivity index (χ1n) is 3.41. The van der Waals surface area contributed by atoms with Crippen LogP contribution in [0.2, 0.25) is 0 Å². The highest BCUT2D eigenvalue weighted by Crippen LogP contribution is 2.20. The molecule has 0 N–H and O–H groups in total. The number of hydrogen-bond donors (Lipinski definition) is 0. The lowest BCUT2D eigenvalue weighted by Crippen LogP contribution is -1.94. The first kappa shape index (κ1) is 6.95. The lowest BCUT2D eigenvalue weighted by atomic mass is 10.0. The van der Waals surface area contributed by atoms with Gasteiger partial charge in [0.2, 0.25) is 0 Å². The second-order valence-electron chi connectivity index (χ2n) is 2.37. The van der Waals surface area contributed by atoms with E-state index >= 15 is 0 Å². The van der Waals surface area contributed by atoms with Gasteiger partial charge < -0.3 is 0 Å². The van der Waals surface area contributed by atoms with Crippen LogP contribution in [0.3, 0.4) is 0 Å². The van der Waals surface area contributed by atoms with Gasteiger partial charge in [-0.3, -0.25) is 0 Å². The predicted octanol–water partition coefficient (Wildman–Crippen LogP) is 2.04. The Bertz CT molecular complexity index is 109. The molecule has 0 saturated carbocycles. The first-order chi connectivity index (χ1) is 4.43. The van der Waals surface area contributed by atoms with Gasteiger partial charge in [0.1, 0.15) is 0 Å². The molecule has 1 atom stereocenters. The Balaban J connectivity index is 2.29. The highest BCUT2D eigenvalue weighted by atomic mass is 32.2. The summed E-state index contributed by atoms with van der Waals surface area (Å²) in [5, 5.41) is 8.56. The van der Waals surface area contributed by atoms with Crippen LogP contribution in [0, 0.1) is 17.2 Å². The van der Waals surface area contributed by atoms with Gasteiger partial charge in [0.15, 0.2) is 0 Å². The summed E-state index contributed by atoms with van der Waals surface area (Å²) >= 11 is 1.98. The van der Waals surface area contributed by atoms with Crippen molar-refractivity contribution in [2.24, 2.45) is 5.92 Å². The van der Waals surface area contributed by atoms with Crippen molar-refractivity contribution in [3.63, 3.8) is 0 Å². The van der Waals surface area contributed by atoms with E-state index in [2.05, 4.69) is 6.07 Å². The zero-order chi connectivity index (χ0) is 6.53. The maximum Gasteiger partial charge on any atom is 0.0656 e. The Morgan fingerprint density at radius 3 is 3.00 bits per heavy atom. The van der Waals surface area contributed by atoms with Gasteiger partial charge in [-0.1, -0.05) is 0 Å². The highest BCUT2D eigenvalue weighted by Gasteiger charge is 2.09. The van der Waals surface area contributed by atoms with E-state index in [0.717, 1.165) is 12.8 Å². The molecule has 9 heavy (non-hydrogen) atoms. The largest absolute Gasteiger partial charge is 0.198 e. The van der Waals surface area contributed by atoms with Crippen molar-refractivity contribution in [3.8, 4) is 6.07 Å². The van der Waals surface area contributed by atoms with Crippen LogP contribution >= 0.6 is 11.8 Å². The number of nitrogens with zero attached hydrogens (tertiary/aromatic N) is 1. The van der Waals surface area contributed by atoms with Crippen LogP contribution in [0.1, 0.15) is 19.3 Å². The molecule has 1 aliphatic rings. The van der Waals surface area contributed by atoms with Gasteiger partial charge in [-0.15, -0.1) is 0 Å². The van der Waals surface area contributed by atoms with Crippen molar-refractivity contribution in [1.82, 2.24) is 0 Å². The van der Waals surface area contributed by atoms with E-state index in [1.165, 1.54) is 17.9 Å². The van der Waals surface area contributed by atoms with Crippen molar-refractivity contribution in [2.75, 3.05) is 11.5 Å². The van der Waals surface area contributed by atoms with E-state index in [-0.39, 0.29) is 0 Å². The van der Waals surface area contributed by atoms with Crippen molar-refractivity contribution < 1.29 is 0 Å². The standard InChI is InChI=1S/C7H11NS/c8-6-7-2-1-4-9-5-3-7/h7H,1-5H2/t7-/m0/s1. The second-order valence-corrected chi connectivity index (χ2v) is 3.59. The van der Waals surface area contributed by atoms with Crippen LogP contribution in [0.15, 0.2) is 0 Å². The summed E-state index contributed by atoms with van der Waals surface area (Å²) in [4.78, 5) is 0. The van der Waals surface area contributed by atoms with Crippen LogP contribution in [0.25, 0.3) is 0 Å². The molecular formula is C7H11NS. The molecule has 2 heteroatoms. The fourth-order valence-corrected chi connectivity index (χ4v) is 2.06. The maximum absolute atomic E-state index is 8.56. The van der Waals surface area contributed by atoms with Crippen molar-refractivity contribution in [2.45, 2.75) is 19.3 Å². The molecule has 0 amide bonds. The molecule has 0 aromatic carbocycles. The molecule has 1 heterocycles. The average Bonchev–Trinajstić information content (AvgIpc) is 2.13. The van der Waals surface area contributed by atoms with Gasteiger partial charge >= 0.3 is 0 Å². The van der Waals surface area contributed by atoms with Gasteiger partial charge in [-0.05, 0) is 30.8 Å². The van der Waals surface area contributed by atoms with E-state index in [0.29, 0.717) is 5.92 Å². The fourth-order valence-electron chi connectivity index (χ4n) is 1.03. The molecule has 1 rings (SSSR count). The topological polar surface area (TPSA) is 23.8 Å². The maximum atomic E-state index is 8.56. The van der Waals surface area contributed by atoms with Crippen LogP contribution in [0.5, 0.6) is 0 Å². The van der Waals surface area contributed by atoms with Gasteiger partial charge in [0, 0.05) is 5.92 Å². The molecule has 0 bridgehead atoms. The quantitative estimate of drug-likeness (QED) is 0.515. The number of thioether (sulfide) groups is 1. The molecule has 50 valence electrons. The molecular weight excluding hydrogens is 130 g/mol. The van der Waals surface area contributed by atoms with Crippen LogP contribution in [0.4, 0.5) is 0 Å². The Morgan fingerprint density at radius 1 is 1.33 bits per heavy atom.